The molecule has 0 spiro atoms. The topological polar surface area (TPSA) is 67.8 Å². The predicted molar refractivity (Wildman–Crippen MR) is 144 cm³/mol. The molecule has 0 amide bonds. The van der Waals surface area contributed by atoms with Crippen molar-refractivity contribution < 1.29 is 19.1 Å². The molecule has 0 unspecified atom stereocenters. The summed E-state index contributed by atoms with van der Waals surface area (Å²) in [4.78, 5) is 35.0. The van der Waals surface area contributed by atoms with Crippen molar-refractivity contribution in [2.75, 3.05) is 49.7 Å². The molecule has 2 aromatic rings. The Hall–Kier alpha value is -4.04. The van der Waals surface area contributed by atoms with Crippen molar-refractivity contribution in [2.45, 2.75) is 45.7 Å². The van der Waals surface area contributed by atoms with E-state index in [2.05, 4.69) is 19.5 Å². The van der Waals surface area contributed by atoms with Crippen molar-refractivity contribution in [3.8, 4) is 0 Å². The number of hydrogen-bond acceptors (Lipinski definition) is 6. The molecule has 2 aliphatic rings. The van der Waals surface area contributed by atoms with Crippen LogP contribution in [0.25, 0.3) is 9.69 Å². The number of methoxy groups -OCH3 is 1. The van der Waals surface area contributed by atoms with E-state index in [9.17, 15) is 9.59 Å². The van der Waals surface area contributed by atoms with Gasteiger partial charge in [0.25, 0.3) is 0 Å². The maximum Gasteiger partial charge on any atom is 0.340 e. The number of carbonyl (C=O) groups is 2. The van der Waals surface area contributed by atoms with Gasteiger partial charge in [-0.15, -0.1) is 0 Å². The van der Waals surface area contributed by atoms with Gasteiger partial charge in [-0.25, -0.2) is 22.7 Å². The van der Waals surface area contributed by atoms with Crippen LogP contribution in [0, 0.1) is 13.1 Å². The SMILES string of the molecule is [C-]#[N+]Cc1ccc(N2CCCC2)c(C(=O)OC)c1.[C-]#[N+]Cc1ccc(N2CCCC2)c(C(=O)OCC)c1. The van der Waals surface area contributed by atoms with Crippen LogP contribution in [0.2, 0.25) is 0 Å². The number of nitrogens with zero attached hydrogens (tertiary/aromatic N) is 4. The van der Waals surface area contributed by atoms with E-state index in [1.807, 2.05) is 24.3 Å². The molecule has 37 heavy (non-hydrogen) atoms. The summed E-state index contributed by atoms with van der Waals surface area (Å²) in [5.41, 5.74) is 4.73. The van der Waals surface area contributed by atoms with Crippen LogP contribution < -0.4 is 9.80 Å². The summed E-state index contributed by atoms with van der Waals surface area (Å²) in [7, 11) is 1.39. The molecule has 2 saturated heterocycles. The maximum atomic E-state index is 12.1. The van der Waals surface area contributed by atoms with E-state index >= 15 is 0 Å². The normalized spacial score (nSPS) is 14.3. The molecular weight excluding hydrogens is 468 g/mol. The average Bonchev–Trinajstić information content (AvgIpc) is 3.64. The fourth-order valence-corrected chi connectivity index (χ4v) is 4.66. The number of rotatable bonds is 7. The van der Waals surface area contributed by atoms with Crippen molar-refractivity contribution in [2.24, 2.45) is 0 Å². The first-order chi connectivity index (χ1) is 18.0. The van der Waals surface area contributed by atoms with Crippen LogP contribution in [0.5, 0.6) is 0 Å². The van der Waals surface area contributed by atoms with Gasteiger partial charge in [0.1, 0.15) is 0 Å². The van der Waals surface area contributed by atoms with Crippen molar-refractivity contribution in [3.63, 3.8) is 0 Å². The third-order valence-electron chi connectivity index (χ3n) is 6.44. The Bertz CT molecular complexity index is 1170. The van der Waals surface area contributed by atoms with E-state index in [1.54, 1.807) is 19.1 Å². The summed E-state index contributed by atoms with van der Waals surface area (Å²) in [6.07, 6.45) is 4.63. The largest absolute Gasteiger partial charge is 0.465 e. The van der Waals surface area contributed by atoms with Crippen LogP contribution in [-0.2, 0) is 22.6 Å². The minimum atomic E-state index is -0.330. The van der Waals surface area contributed by atoms with Crippen molar-refractivity contribution in [1.82, 2.24) is 0 Å². The van der Waals surface area contributed by atoms with Crippen LogP contribution in [0.15, 0.2) is 36.4 Å². The standard InChI is InChI=1S/C15H18N2O2.C14H16N2O2/c1-3-19-15(18)13-10-12(11-16-2)6-7-14(13)17-8-4-5-9-17;1-15-10-11-5-6-13(16-7-3-4-8-16)12(9-11)14(17)18-2/h6-7,10H,3-5,8-9,11H2,1H3;5-6,9H,3-4,7-8,10H2,2H3. The van der Waals surface area contributed by atoms with E-state index in [0.29, 0.717) is 30.8 Å². The minimum absolute atomic E-state index is 0.295. The molecule has 4 rings (SSSR count). The lowest BCUT2D eigenvalue weighted by atomic mass is 10.1. The number of hydrogen-bond donors (Lipinski definition) is 0. The molecule has 2 fully saturated rings. The highest BCUT2D eigenvalue weighted by atomic mass is 16.5. The van der Waals surface area contributed by atoms with Gasteiger partial charge in [-0.2, -0.15) is 0 Å². The first kappa shape index (κ1) is 27.5. The van der Waals surface area contributed by atoms with Crippen LogP contribution >= 0.6 is 0 Å². The molecule has 194 valence electrons. The van der Waals surface area contributed by atoms with Gasteiger partial charge < -0.3 is 29.0 Å². The molecule has 2 aliphatic heterocycles. The van der Waals surface area contributed by atoms with Gasteiger partial charge in [0, 0.05) is 37.3 Å². The van der Waals surface area contributed by atoms with Crippen LogP contribution in [-0.4, -0.2) is 51.8 Å². The van der Waals surface area contributed by atoms with Gasteiger partial charge in [-0.05, 0) is 69.0 Å². The first-order valence-corrected chi connectivity index (χ1v) is 12.7. The fraction of sp³-hybridized carbons (Fsp3) is 0.448. The van der Waals surface area contributed by atoms with Crippen molar-refractivity contribution in [3.05, 3.63) is 81.5 Å². The second-order valence-corrected chi connectivity index (χ2v) is 8.94. The van der Waals surface area contributed by atoms with E-state index in [4.69, 9.17) is 22.6 Å². The second-order valence-electron chi connectivity index (χ2n) is 8.94. The number of anilines is 2. The van der Waals surface area contributed by atoms with Crippen molar-refractivity contribution in [1.29, 1.82) is 0 Å². The Morgan fingerprint density at radius 3 is 1.59 bits per heavy atom. The van der Waals surface area contributed by atoms with E-state index < -0.39 is 0 Å². The van der Waals surface area contributed by atoms with E-state index in [-0.39, 0.29) is 11.9 Å². The molecular formula is C29H34N4O4. The van der Waals surface area contributed by atoms with Gasteiger partial charge in [-0.1, -0.05) is 0 Å². The smallest absolute Gasteiger partial charge is 0.340 e. The summed E-state index contributed by atoms with van der Waals surface area (Å²) in [6, 6.07) is 11.3. The summed E-state index contributed by atoms with van der Waals surface area (Å²) in [6.45, 7) is 20.5. The lowest BCUT2D eigenvalue weighted by molar-refractivity contribution is 0.0526. The molecule has 0 aromatic heterocycles. The second kappa shape index (κ2) is 13.9. The highest BCUT2D eigenvalue weighted by Crippen LogP contribution is 2.28. The zero-order valence-corrected chi connectivity index (χ0v) is 21.7. The lowest BCUT2D eigenvalue weighted by Crippen LogP contribution is -2.21. The molecule has 0 atom stereocenters. The summed E-state index contributed by atoms with van der Waals surface area (Å²) in [5.74, 6) is -0.625. The van der Waals surface area contributed by atoms with Crippen molar-refractivity contribution >= 4 is 23.3 Å². The van der Waals surface area contributed by atoms with E-state index in [0.717, 1.165) is 74.4 Å². The van der Waals surface area contributed by atoms with Gasteiger partial charge in [-0.3, -0.25) is 0 Å². The Kier molecular flexibility index (Phi) is 10.3. The predicted octanol–water partition coefficient (Wildman–Crippen LogP) is 5.38. The highest BCUT2D eigenvalue weighted by molar-refractivity contribution is 5.97. The summed E-state index contributed by atoms with van der Waals surface area (Å²) in [5, 5.41) is 0. The first-order valence-electron chi connectivity index (χ1n) is 12.7. The molecule has 2 aromatic carbocycles. The summed E-state index contributed by atoms with van der Waals surface area (Å²) < 4.78 is 9.94. The van der Waals surface area contributed by atoms with Crippen LogP contribution in [0.4, 0.5) is 11.4 Å². The third kappa shape index (κ3) is 7.24. The van der Waals surface area contributed by atoms with E-state index in [1.165, 1.54) is 7.11 Å². The number of ether oxygens (including phenoxy) is 2. The van der Waals surface area contributed by atoms with Crippen LogP contribution in [0.1, 0.15) is 64.4 Å². The maximum absolute atomic E-state index is 12.1. The number of benzene rings is 2. The number of carbonyl (C=O) groups excluding carboxylic acids is 2. The Balaban J connectivity index is 0.000000206. The van der Waals surface area contributed by atoms with Gasteiger partial charge >= 0.3 is 11.9 Å². The zero-order valence-electron chi connectivity index (χ0n) is 21.7. The molecule has 8 heteroatoms. The quantitative estimate of drug-likeness (QED) is 0.374. The minimum Gasteiger partial charge on any atom is -0.465 e. The third-order valence-corrected chi connectivity index (χ3v) is 6.44. The molecule has 2 heterocycles. The molecule has 0 bridgehead atoms. The molecule has 0 saturated carbocycles. The van der Waals surface area contributed by atoms with Gasteiger partial charge in [0.15, 0.2) is 0 Å². The Morgan fingerprint density at radius 1 is 0.784 bits per heavy atom. The van der Waals surface area contributed by atoms with Crippen LogP contribution in [0.3, 0.4) is 0 Å². The molecule has 0 N–H and O–H groups in total. The molecule has 0 radical (unpaired) electrons. The molecule has 8 nitrogen and oxygen atoms in total. The summed E-state index contributed by atoms with van der Waals surface area (Å²) >= 11 is 0. The monoisotopic (exact) mass is 502 g/mol. The van der Waals surface area contributed by atoms with Gasteiger partial charge in [0.05, 0.1) is 36.2 Å². The van der Waals surface area contributed by atoms with Gasteiger partial charge in [0.2, 0.25) is 13.1 Å². The Labute approximate surface area is 219 Å². The molecule has 0 aliphatic carbocycles. The number of esters is 2. The Morgan fingerprint density at radius 2 is 1.22 bits per heavy atom. The lowest BCUT2D eigenvalue weighted by Gasteiger charge is -2.20. The fourth-order valence-electron chi connectivity index (χ4n) is 4.66. The average molecular weight is 503 g/mol. The highest BCUT2D eigenvalue weighted by Gasteiger charge is 2.22. The zero-order chi connectivity index (χ0) is 26.6.